The van der Waals surface area contributed by atoms with Gasteiger partial charge in [-0.25, -0.2) is 9.59 Å². The zero-order valence-corrected chi connectivity index (χ0v) is 16.4. The van der Waals surface area contributed by atoms with E-state index >= 15 is 0 Å². The minimum absolute atomic E-state index is 0.0142. The number of para-hydroxylation sites is 2. The number of hydrogen-bond acceptors (Lipinski definition) is 5. The summed E-state index contributed by atoms with van der Waals surface area (Å²) in [6, 6.07) is 13.8. The van der Waals surface area contributed by atoms with E-state index < -0.39 is 41.1 Å². The second-order valence-electron chi connectivity index (χ2n) is 6.45. The normalized spacial score (nSPS) is 10.9. The number of carbonyl (C=O) groups is 3. The molecule has 0 heterocycles. The molecule has 33 heavy (non-hydrogen) atoms. The van der Waals surface area contributed by atoms with Gasteiger partial charge in [0.25, 0.3) is 5.91 Å². The van der Waals surface area contributed by atoms with Crippen molar-refractivity contribution in [1.29, 1.82) is 0 Å². The Labute approximate surface area is 183 Å². The Morgan fingerprint density at radius 1 is 0.788 bits per heavy atom. The van der Waals surface area contributed by atoms with Crippen LogP contribution in [0.1, 0.15) is 31.1 Å². The van der Waals surface area contributed by atoms with Crippen LogP contribution in [0.5, 0.6) is 17.2 Å². The average molecular weight is 461 g/mol. The molecule has 1 amide bonds. The molecule has 3 N–H and O–H groups in total. The molecule has 0 aliphatic rings. The van der Waals surface area contributed by atoms with Crippen molar-refractivity contribution in [3.63, 3.8) is 0 Å². The highest BCUT2D eigenvalue weighted by atomic mass is 19.4. The molecule has 0 fully saturated rings. The van der Waals surface area contributed by atoms with Crippen molar-refractivity contribution in [3.05, 3.63) is 83.4 Å². The van der Waals surface area contributed by atoms with Gasteiger partial charge in [-0.1, -0.05) is 18.2 Å². The lowest BCUT2D eigenvalue weighted by Crippen LogP contribution is -2.18. The summed E-state index contributed by atoms with van der Waals surface area (Å²) in [4.78, 5) is 35.1. The summed E-state index contributed by atoms with van der Waals surface area (Å²) in [5, 5.41) is 20.8. The van der Waals surface area contributed by atoms with Crippen LogP contribution in [0.2, 0.25) is 0 Å². The molecule has 8 nitrogen and oxygen atoms in total. The number of alkyl halides is 3. The number of benzene rings is 3. The van der Waals surface area contributed by atoms with Crippen LogP contribution in [0.3, 0.4) is 0 Å². The van der Waals surface area contributed by atoms with E-state index in [4.69, 9.17) is 9.84 Å². The summed E-state index contributed by atoms with van der Waals surface area (Å²) in [6.07, 6.45) is -4.92. The van der Waals surface area contributed by atoms with Gasteiger partial charge in [-0.15, -0.1) is 13.2 Å². The Bertz CT molecular complexity index is 1220. The maximum Gasteiger partial charge on any atom is 0.573 e. The molecule has 11 heteroatoms. The minimum atomic E-state index is -4.92. The fourth-order valence-electron chi connectivity index (χ4n) is 2.77. The molecule has 0 saturated carbocycles. The Morgan fingerprint density at radius 2 is 1.48 bits per heavy atom. The van der Waals surface area contributed by atoms with Gasteiger partial charge in [0.2, 0.25) is 0 Å². The number of carboxylic acids is 2. The molecule has 0 saturated heterocycles. The van der Waals surface area contributed by atoms with Gasteiger partial charge >= 0.3 is 18.3 Å². The topological polar surface area (TPSA) is 122 Å². The largest absolute Gasteiger partial charge is 0.573 e. The van der Waals surface area contributed by atoms with E-state index in [1.165, 1.54) is 30.3 Å². The molecule has 0 unspecified atom stereocenters. The van der Waals surface area contributed by atoms with E-state index in [0.717, 1.165) is 24.3 Å². The van der Waals surface area contributed by atoms with Crippen LogP contribution in [-0.4, -0.2) is 34.4 Å². The standard InChI is InChI=1S/C22H14F3NO7/c23-22(24,25)33-14-5-3-4-12(10-14)19(27)26-17-6-1-2-7-18(17)32-13-8-9-15(20(28)29)16(11-13)21(30)31/h1-11H,(H,26,27)(H,28,29)(H,30,31). The van der Waals surface area contributed by atoms with Crippen LogP contribution < -0.4 is 14.8 Å². The Morgan fingerprint density at radius 3 is 2.15 bits per heavy atom. The zero-order chi connectivity index (χ0) is 24.2. The lowest BCUT2D eigenvalue weighted by molar-refractivity contribution is -0.274. The summed E-state index contributed by atoms with van der Waals surface area (Å²) < 4.78 is 46.7. The summed E-state index contributed by atoms with van der Waals surface area (Å²) in [7, 11) is 0. The molecule has 170 valence electrons. The first kappa shape index (κ1) is 23.1. The van der Waals surface area contributed by atoms with Crippen LogP contribution in [0.4, 0.5) is 18.9 Å². The number of ether oxygens (including phenoxy) is 2. The third-order valence-corrected chi connectivity index (χ3v) is 4.14. The molecule has 3 aromatic rings. The van der Waals surface area contributed by atoms with Crippen molar-refractivity contribution < 1.29 is 47.2 Å². The molecular weight excluding hydrogens is 447 g/mol. The number of halogens is 3. The number of nitrogens with one attached hydrogen (secondary N) is 1. The number of carboxylic acid groups (broad SMARTS) is 2. The Kier molecular flexibility index (Phi) is 6.52. The zero-order valence-electron chi connectivity index (χ0n) is 16.4. The highest BCUT2D eigenvalue weighted by Crippen LogP contribution is 2.31. The van der Waals surface area contributed by atoms with E-state index in [-0.39, 0.29) is 22.7 Å². The first-order valence-corrected chi connectivity index (χ1v) is 9.08. The first-order valence-electron chi connectivity index (χ1n) is 9.08. The second kappa shape index (κ2) is 9.30. The third kappa shape index (κ3) is 6.00. The number of rotatable bonds is 7. The molecule has 3 aromatic carbocycles. The van der Waals surface area contributed by atoms with Crippen LogP contribution >= 0.6 is 0 Å². The number of anilines is 1. The molecule has 3 rings (SSSR count). The second-order valence-corrected chi connectivity index (χ2v) is 6.45. The molecule has 0 radical (unpaired) electrons. The Balaban J connectivity index is 1.84. The molecule has 0 aliphatic carbocycles. The molecule has 0 aromatic heterocycles. The van der Waals surface area contributed by atoms with Crippen molar-refractivity contribution in [3.8, 4) is 17.2 Å². The third-order valence-electron chi connectivity index (χ3n) is 4.14. The summed E-state index contributed by atoms with van der Waals surface area (Å²) >= 11 is 0. The van der Waals surface area contributed by atoms with Crippen molar-refractivity contribution in [2.24, 2.45) is 0 Å². The van der Waals surface area contributed by atoms with Gasteiger partial charge < -0.3 is 25.0 Å². The maximum atomic E-state index is 12.6. The van der Waals surface area contributed by atoms with Crippen LogP contribution in [0, 0.1) is 0 Å². The number of carbonyl (C=O) groups excluding carboxylic acids is 1. The SMILES string of the molecule is O=C(Nc1ccccc1Oc1ccc(C(=O)O)c(C(=O)O)c1)c1cccc(OC(F)(F)F)c1. The fourth-order valence-corrected chi connectivity index (χ4v) is 2.77. The molecule has 0 bridgehead atoms. The summed E-state index contributed by atoms with van der Waals surface area (Å²) in [5.41, 5.74) is -0.922. The van der Waals surface area contributed by atoms with E-state index in [9.17, 15) is 32.7 Å². The lowest BCUT2D eigenvalue weighted by atomic mass is 10.1. The van der Waals surface area contributed by atoms with Gasteiger partial charge in [-0.2, -0.15) is 0 Å². The van der Waals surface area contributed by atoms with Crippen molar-refractivity contribution in [2.45, 2.75) is 6.36 Å². The number of aromatic carboxylic acids is 2. The van der Waals surface area contributed by atoms with Gasteiger partial charge in [-0.05, 0) is 48.5 Å². The van der Waals surface area contributed by atoms with Crippen molar-refractivity contribution in [1.82, 2.24) is 0 Å². The van der Waals surface area contributed by atoms with E-state index in [2.05, 4.69) is 10.1 Å². The van der Waals surface area contributed by atoms with Crippen molar-refractivity contribution in [2.75, 3.05) is 5.32 Å². The van der Waals surface area contributed by atoms with E-state index in [0.29, 0.717) is 0 Å². The minimum Gasteiger partial charge on any atom is -0.478 e. The fraction of sp³-hybridized carbons (Fsp3) is 0.0455. The Hall–Kier alpha value is -4.54. The highest BCUT2D eigenvalue weighted by molar-refractivity contribution is 6.05. The van der Waals surface area contributed by atoms with E-state index in [1.807, 2.05) is 0 Å². The first-order chi connectivity index (χ1) is 15.5. The van der Waals surface area contributed by atoms with Gasteiger partial charge in [0.15, 0.2) is 5.75 Å². The maximum absolute atomic E-state index is 12.6. The van der Waals surface area contributed by atoms with Crippen LogP contribution in [0.25, 0.3) is 0 Å². The van der Waals surface area contributed by atoms with Crippen molar-refractivity contribution >= 4 is 23.5 Å². The molecule has 0 spiro atoms. The number of hydrogen-bond donors (Lipinski definition) is 3. The van der Waals surface area contributed by atoms with E-state index in [1.54, 1.807) is 12.1 Å². The number of amides is 1. The molecular formula is C22H14F3NO7. The molecule has 0 aliphatic heterocycles. The van der Waals surface area contributed by atoms with Crippen LogP contribution in [0.15, 0.2) is 66.7 Å². The highest BCUT2D eigenvalue weighted by Gasteiger charge is 2.31. The predicted molar refractivity (Wildman–Crippen MR) is 108 cm³/mol. The predicted octanol–water partition coefficient (Wildman–Crippen LogP) is 5.03. The average Bonchev–Trinajstić information content (AvgIpc) is 2.74. The van der Waals surface area contributed by atoms with Gasteiger partial charge in [0.1, 0.15) is 11.5 Å². The van der Waals surface area contributed by atoms with Gasteiger partial charge in [0.05, 0.1) is 16.8 Å². The van der Waals surface area contributed by atoms with Gasteiger partial charge in [0, 0.05) is 5.56 Å². The quantitative estimate of drug-likeness (QED) is 0.451. The molecule has 0 atom stereocenters. The lowest BCUT2D eigenvalue weighted by Gasteiger charge is -2.14. The summed E-state index contributed by atoms with van der Waals surface area (Å²) in [5.74, 6) is -4.16. The van der Waals surface area contributed by atoms with Crippen LogP contribution in [-0.2, 0) is 0 Å². The van der Waals surface area contributed by atoms with Gasteiger partial charge in [-0.3, -0.25) is 4.79 Å². The smallest absolute Gasteiger partial charge is 0.478 e. The summed E-state index contributed by atoms with van der Waals surface area (Å²) in [6.45, 7) is 0. The monoisotopic (exact) mass is 461 g/mol.